The Bertz CT molecular complexity index is 659. The van der Waals surface area contributed by atoms with Crippen molar-refractivity contribution in [3.63, 3.8) is 0 Å². The van der Waals surface area contributed by atoms with Gasteiger partial charge in [0.2, 0.25) is 5.91 Å². The van der Waals surface area contributed by atoms with E-state index in [0.717, 1.165) is 25.0 Å². The maximum Gasteiger partial charge on any atom is 0.410 e. The molecule has 2 unspecified atom stereocenters. The maximum atomic E-state index is 13.1. The second-order valence-corrected chi connectivity index (χ2v) is 8.18. The van der Waals surface area contributed by atoms with Gasteiger partial charge in [0.1, 0.15) is 23.5 Å². The number of hydrogen-bond acceptors (Lipinski definition) is 5. The van der Waals surface area contributed by atoms with Crippen LogP contribution in [0.3, 0.4) is 0 Å². The van der Waals surface area contributed by atoms with E-state index in [0.29, 0.717) is 26.1 Å². The highest BCUT2D eigenvalue weighted by Crippen LogP contribution is 2.25. The van der Waals surface area contributed by atoms with Gasteiger partial charge >= 0.3 is 6.09 Å². The number of amides is 2. The fourth-order valence-corrected chi connectivity index (χ4v) is 3.62. The molecule has 3 heterocycles. The Kier molecular flexibility index (Phi) is 5.87. The molecule has 0 aliphatic carbocycles. The predicted molar refractivity (Wildman–Crippen MR) is 100 cm³/mol. The molecule has 1 aromatic heterocycles. The zero-order valence-electron chi connectivity index (χ0n) is 16.4. The third kappa shape index (κ3) is 5.11. The van der Waals surface area contributed by atoms with E-state index in [1.165, 1.54) is 0 Å². The van der Waals surface area contributed by atoms with Crippen LogP contribution in [0.2, 0.25) is 0 Å². The second kappa shape index (κ2) is 8.15. The highest BCUT2D eigenvalue weighted by atomic mass is 16.6. The summed E-state index contributed by atoms with van der Waals surface area (Å²) in [5, 5.41) is 0. The molecule has 1 aromatic rings. The lowest BCUT2D eigenvalue weighted by Gasteiger charge is -2.36. The normalized spacial score (nSPS) is 23.2. The first-order valence-electron chi connectivity index (χ1n) is 9.68. The van der Waals surface area contributed by atoms with E-state index >= 15 is 0 Å². The summed E-state index contributed by atoms with van der Waals surface area (Å²) in [6.45, 7) is 7.32. The SMILES string of the molecule is CC(C)(C)OC(=O)N1CCCC1C(=O)N1CCCC(Oc2ccncc2)C1. The first-order valence-corrected chi connectivity index (χ1v) is 9.68. The Morgan fingerprint density at radius 2 is 1.81 bits per heavy atom. The Labute approximate surface area is 160 Å². The van der Waals surface area contributed by atoms with Crippen LogP contribution in [-0.2, 0) is 9.53 Å². The molecule has 148 valence electrons. The summed E-state index contributed by atoms with van der Waals surface area (Å²) >= 11 is 0. The van der Waals surface area contributed by atoms with E-state index in [2.05, 4.69) is 4.98 Å². The van der Waals surface area contributed by atoms with Crippen molar-refractivity contribution in [1.82, 2.24) is 14.8 Å². The van der Waals surface area contributed by atoms with Gasteiger partial charge in [-0.1, -0.05) is 0 Å². The van der Waals surface area contributed by atoms with Crippen LogP contribution in [0.15, 0.2) is 24.5 Å². The number of hydrogen-bond donors (Lipinski definition) is 0. The summed E-state index contributed by atoms with van der Waals surface area (Å²) < 4.78 is 11.5. The molecule has 2 saturated heterocycles. The fourth-order valence-electron chi connectivity index (χ4n) is 3.62. The smallest absolute Gasteiger partial charge is 0.410 e. The van der Waals surface area contributed by atoms with Gasteiger partial charge in [-0.2, -0.15) is 0 Å². The first-order chi connectivity index (χ1) is 12.8. The first kappa shape index (κ1) is 19.5. The number of nitrogens with zero attached hydrogens (tertiary/aromatic N) is 3. The summed E-state index contributed by atoms with van der Waals surface area (Å²) in [5.41, 5.74) is -0.568. The molecule has 7 nitrogen and oxygen atoms in total. The van der Waals surface area contributed by atoms with Crippen LogP contribution in [0.1, 0.15) is 46.5 Å². The van der Waals surface area contributed by atoms with Crippen LogP contribution in [0.25, 0.3) is 0 Å². The van der Waals surface area contributed by atoms with Gasteiger partial charge < -0.3 is 14.4 Å². The van der Waals surface area contributed by atoms with Gasteiger partial charge in [-0.3, -0.25) is 14.7 Å². The molecular weight excluding hydrogens is 346 g/mol. The van der Waals surface area contributed by atoms with Crippen molar-refractivity contribution in [3.8, 4) is 5.75 Å². The number of pyridine rings is 1. The number of carbonyl (C=O) groups is 2. The van der Waals surface area contributed by atoms with Crippen LogP contribution in [0.5, 0.6) is 5.75 Å². The lowest BCUT2D eigenvalue weighted by atomic mass is 10.1. The molecule has 0 radical (unpaired) electrons. The average molecular weight is 375 g/mol. The molecule has 2 aliphatic rings. The molecule has 0 saturated carbocycles. The molecule has 7 heteroatoms. The molecule has 0 N–H and O–H groups in total. The minimum atomic E-state index is -0.568. The quantitative estimate of drug-likeness (QED) is 0.812. The lowest BCUT2D eigenvalue weighted by Crippen LogP contribution is -2.52. The van der Waals surface area contributed by atoms with Gasteiger partial charge in [0, 0.05) is 25.5 Å². The number of piperidine rings is 1. The predicted octanol–water partition coefficient (Wildman–Crippen LogP) is 2.85. The summed E-state index contributed by atoms with van der Waals surface area (Å²) in [6.07, 6.45) is 6.25. The van der Waals surface area contributed by atoms with Gasteiger partial charge in [0.15, 0.2) is 0 Å². The molecule has 0 spiro atoms. The highest BCUT2D eigenvalue weighted by Gasteiger charge is 2.39. The van der Waals surface area contributed by atoms with E-state index in [1.807, 2.05) is 37.8 Å². The number of aromatic nitrogens is 1. The summed E-state index contributed by atoms with van der Waals surface area (Å²) in [4.78, 5) is 33.0. The minimum Gasteiger partial charge on any atom is -0.488 e. The Hall–Kier alpha value is -2.31. The van der Waals surface area contributed by atoms with Crippen LogP contribution in [0, 0.1) is 0 Å². The van der Waals surface area contributed by atoms with Crippen molar-refractivity contribution >= 4 is 12.0 Å². The zero-order valence-corrected chi connectivity index (χ0v) is 16.4. The van der Waals surface area contributed by atoms with E-state index in [4.69, 9.17) is 9.47 Å². The monoisotopic (exact) mass is 375 g/mol. The largest absolute Gasteiger partial charge is 0.488 e. The molecule has 2 atom stereocenters. The fraction of sp³-hybridized carbons (Fsp3) is 0.650. The Balaban J connectivity index is 1.61. The number of ether oxygens (including phenoxy) is 2. The maximum absolute atomic E-state index is 13.1. The van der Waals surface area contributed by atoms with Crippen LogP contribution in [0.4, 0.5) is 4.79 Å². The number of rotatable bonds is 3. The molecule has 0 bridgehead atoms. The Morgan fingerprint density at radius 3 is 2.52 bits per heavy atom. The van der Waals surface area contributed by atoms with E-state index < -0.39 is 17.7 Å². The van der Waals surface area contributed by atoms with Gasteiger partial charge in [-0.05, 0) is 58.6 Å². The summed E-state index contributed by atoms with van der Waals surface area (Å²) in [5.74, 6) is 0.766. The van der Waals surface area contributed by atoms with E-state index in [9.17, 15) is 9.59 Å². The lowest BCUT2D eigenvalue weighted by molar-refractivity contribution is -0.138. The molecule has 0 aromatic carbocycles. The second-order valence-electron chi connectivity index (χ2n) is 8.18. The molecule has 2 aliphatic heterocycles. The van der Waals surface area contributed by atoms with Crippen LogP contribution < -0.4 is 4.74 Å². The van der Waals surface area contributed by atoms with Crippen molar-refractivity contribution in [3.05, 3.63) is 24.5 Å². The van der Waals surface area contributed by atoms with Gasteiger partial charge in [0.05, 0.1) is 6.54 Å². The highest BCUT2D eigenvalue weighted by molar-refractivity contribution is 5.86. The molecular formula is C20H29N3O4. The number of likely N-dealkylation sites (tertiary alicyclic amines) is 2. The molecule has 3 rings (SSSR count). The number of carbonyl (C=O) groups excluding carboxylic acids is 2. The van der Waals surface area contributed by atoms with Crippen molar-refractivity contribution < 1.29 is 19.1 Å². The molecule has 27 heavy (non-hydrogen) atoms. The standard InChI is InChI=1S/C20H29N3O4/c1-20(2,3)27-19(25)23-13-5-7-17(23)18(24)22-12-4-6-16(14-22)26-15-8-10-21-11-9-15/h8-11,16-17H,4-7,12-14H2,1-3H3. The van der Waals surface area contributed by atoms with Gasteiger partial charge in [0.25, 0.3) is 0 Å². The van der Waals surface area contributed by atoms with Crippen molar-refractivity contribution in [1.29, 1.82) is 0 Å². The summed E-state index contributed by atoms with van der Waals surface area (Å²) in [7, 11) is 0. The zero-order chi connectivity index (χ0) is 19.4. The summed E-state index contributed by atoms with van der Waals surface area (Å²) in [6, 6.07) is 3.21. The minimum absolute atomic E-state index is 0.00128. The molecule has 2 amide bonds. The molecule has 2 fully saturated rings. The van der Waals surface area contributed by atoms with Gasteiger partial charge in [-0.25, -0.2) is 4.79 Å². The van der Waals surface area contributed by atoms with Gasteiger partial charge in [-0.15, -0.1) is 0 Å². The van der Waals surface area contributed by atoms with Crippen molar-refractivity contribution in [2.45, 2.75) is 64.2 Å². The van der Waals surface area contributed by atoms with E-state index in [1.54, 1.807) is 17.3 Å². The topological polar surface area (TPSA) is 72.0 Å². The average Bonchev–Trinajstić information content (AvgIpc) is 3.11. The third-order valence-corrected chi connectivity index (χ3v) is 4.81. The Morgan fingerprint density at radius 1 is 1.11 bits per heavy atom. The third-order valence-electron chi connectivity index (χ3n) is 4.81. The van der Waals surface area contributed by atoms with Crippen LogP contribution in [-0.4, -0.2) is 64.2 Å². The van der Waals surface area contributed by atoms with E-state index in [-0.39, 0.29) is 12.0 Å². The van der Waals surface area contributed by atoms with Crippen molar-refractivity contribution in [2.75, 3.05) is 19.6 Å². The van der Waals surface area contributed by atoms with Crippen molar-refractivity contribution in [2.24, 2.45) is 0 Å². The van der Waals surface area contributed by atoms with Crippen LogP contribution >= 0.6 is 0 Å².